The number of aliphatic carboxylic acids is 1. The standard InChI is InChI=1S/C15H22O2.C5H8O2.C4H6O2/c1-9(2)14(16)17-15(3)12-5-10-4-11(7-12)8-13(15)6-10;1-4(2)5(6)7-3;1-3(2)4(5)6/h10-13H,1,4-8H2,2-3H3;1H2,2-3H3;1H2,2H3,(H,5,6). The van der Waals surface area contributed by atoms with Gasteiger partial charge in [0, 0.05) is 16.7 Å². The number of carbonyl (C=O) groups is 3. The van der Waals surface area contributed by atoms with Crippen molar-refractivity contribution in [2.45, 2.75) is 65.4 Å². The lowest BCUT2D eigenvalue weighted by atomic mass is 9.50. The molecule has 0 saturated heterocycles. The Labute approximate surface area is 180 Å². The molecule has 4 fully saturated rings. The first-order valence-electron chi connectivity index (χ1n) is 10.3. The topological polar surface area (TPSA) is 89.9 Å². The minimum atomic E-state index is -0.935. The van der Waals surface area contributed by atoms with Gasteiger partial charge in [0.05, 0.1) is 7.11 Å². The summed E-state index contributed by atoms with van der Waals surface area (Å²) in [5.74, 6) is 1.54. The predicted molar refractivity (Wildman–Crippen MR) is 116 cm³/mol. The first kappa shape index (κ1) is 25.7. The van der Waals surface area contributed by atoms with Crippen LogP contribution in [-0.2, 0) is 23.9 Å². The third-order valence-corrected chi connectivity index (χ3v) is 6.32. The number of ether oxygens (including phenoxy) is 2. The fourth-order valence-corrected chi connectivity index (χ4v) is 4.75. The zero-order chi connectivity index (χ0) is 23.2. The molecule has 4 bridgehead atoms. The molecule has 30 heavy (non-hydrogen) atoms. The van der Waals surface area contributed by atoms with Gasteiger partial charge in [0.15, 0.2) is 0 Å². The van der Waals surface area contributed by atoms with Crippen molar-refractivity contribution in [2.75, 3.05) is 7.11 Å². The molecule has 1 N–H and O–H groups in total. The van der Waals surface area contributed by atoms with Crippen LogP contribution in [0.2, 0.25) is 0 Å². The van der Waals surface area contributed by atoms with Gasteiger partial charge >= 0.3 is 17.9 Å². The normalized spacial score (nSPS) is 29.9. The van der Waals surface area contributed by atoms with Gasteiger partial charge in [0.1, 0.15) is 5.60 Å². The molecule has 4 aliphatic rings. The average Bonchev–Trinajstić information content (AvgIpc) is 2.65. The van der Waals surface area contributed by atoms with Gasteiger partial charge in [-0.1, -0.05) is 19.7 Å². The maximum atomic E-state index is 11.8. The second-order valence-corrected chi connectivity index (χ2v) is 9.02. The summed E-state index contributed by atoms with van der Waals surface area (Å²) >= 11 is 0. The van der Waals surface area contributed by atoms with E-state index < -0.39 is 5.97 Å². The van der Waals surface area contributed by atoms with E-state index in [1.165, 1.54) is 46.1 Å². The van der Waals surface area contributed by atoms with E-state index in [4.69, 9.17) is 9.84 Å². The third-order valence-electron chi connectivity index (χ3n) is 6.32. The van der Waals surface area contributed by atoms with Crippen molar-refractivity contribution in [1.82, 2.24) is 0 Å². The highest BCUT2D eigenvalue weighted by Gasteiger charge is 2.57. The minimum absolute atomic E-state index is 0.176. The number of esters is 2. The molecular formula is C24H36O6. The van der Waals surface area contributed by atoms with Crippen molar-refractivity contribution in [3.05, 3.63) is 36.5 Å². The number of methoxy groups -OCH3 is 1. The number of hydrogen-bond acceptors (Lipinski definition) is 5. The first-order chi connectivity index (χ1) is 13.8. The van der Waals surface area contributed by atoms with E-state index in [0.717, 1.165) is 11.8 Å². The molecule has 6 heteroatoms. The second-order valence-electron chi connectivity index (χ2n) is 9.02. The summed E-state index contributed by atoms with van der Waals surface area (Å²) < 4.78 is 10.1. The van der Waals surface area contributed by atoms with E-state index in [1.54, 1.807) is 13.8 Å². The van der Waals surface area contributed by atoms with Crippen LogP contribution in [0.15, 0.2) is 36.5 Å². The van der Waals surface area contributed by atoms with Crippen LogP contribution in [-0.4, -0.2) is 35.7 Å². The van der Waals surface area contributed by atoms with Crippen molar-refractivity contribution in [1.29, 1.82) is 0 Å². The van der Waals surface area contributed by atoms with Crippen molar-refractivity contribution in [3.8, 4) is 0 Å². The summed E-state index contributed by atoms with van der Waals surface area (Å²) in [6.45, 7) is 17.2. The van der Waals surface area contributed by atoms with Crippen LogP contribution in [0.25, 0.3) is 0 Å². The molecular weight excluding hydrogens is 384 g/mol. The van der Waals surface area contributed by atoms with Gasteiger partial charge in [0.25, 0.3) is 0 Å². The molecule has 0 radical (unpaired) electrons. The number of carbonyl (C=O) groups excluding carboxylic acids is 2. The van der Waals surface area contributed by atoms with Crippen LogP contribution in [0, 0.1) is 23.7 Å². The molecule has 4 aliphatic carbocycles. The highest BCUT2D eigenvalue weighted by molar-refractivity contribution is 5.87. The summed E-state index contributed by atoms with van der Waals surface area (Å²) in [7, 11) is 1.33. The van der Waals surface area contributed by atoms with Gasteiger partial charge in [-0.3, -0.25) is 0 Å². The van der Waals surface area contributed by atoms with Crippen LogP contribution >= 0.6 is 0 Å². The van der Waals surface area contributed by atoms with E-state index in [1.807, 2.05) is 0 Å². The number of hydrogen-bond donors (Lipinski definition) is 1. The van der Waals surface area contributed by atoms with Gasteiger partial charge in [-0.2, -0.15) is 0 Å². The maximum Gasteiger partial charge on any atom is 0.333 e. The molecule has 168 valence electrons. The van der Waals surface area contributed by atoms with Crippen LogP contribution in [0.3, 0.4) is 0 Å². The van der Waals surface area contributed by atoms with Crippen LogP contribution in [0.5, 0.6) is 0 Å². The average molecular weight is 421 g/mol. The zero-order valence-corrected chi connectivity index (χ0v) is 19.0. The summed E-state index contributed by atoms with van der Waals surface area (Å²) in [6, 6.07) is 0. The molecule has 0 aliphatic heterocycles. The number of carboxylic acids is 1. The Morgan fingerprint density at radius 3 is 1.40 bits per heavy atom. The van der Waals surface area contributed by atoms with Gasteiger partial charge in [-0.15, -0.1) is 0 Å². The highest BCUT2D eigenvalue weighted by Crippen LogP contribution is 2.59. The SMILES string of the molecule is C=C(C)C(=O)O.C=C(C)C(=O)OC.C=C(C)C(=O)OC1(C)C2CC3CC(C2)CC1C3. The Balaban J connectivity index is 0.000000290. The molecule has 0 aromatic heterocycles. The summed E-state index contributed by atoms with van der Waals surface area (Å²) in [5.41, 5.74) is 0.932. The van der Waals surface area contributed by atoms with Crippen molar-refractivity contribution in [3.63, 3.8) is 0 Å². The molecule has 0 spiro atoms. The van der Waals surface area contributed by atoms with E-state index in [9.17, 15) is 14.4 Å². The van der Waals surface area contributed by atoms with Crippen LogP contribution in [0.1, 0.15) is 59.8 Å². The molecule has 0 amide bonds. The molecule has 4 rings (SSSR count). The van der Waals surface area contributed by atoms with Crippen LogP contribution < -0.4 is 0 Å². The fourth-order valence-electron chi connectivity index (χ4n) is 4.75. The summed E-state index contributed by atoms with van der Waals surface area (Å²) in [4.78, 5) is 31.6. The third kappa shape index (κ3) is 6.57. The lowest BCUT2D eigenvalue weighted by Gasteiger charge is -2.59. The smallest absolute Gasteiger partial charge is 0.333 e. The Morgan fingerprint density at radius 2 is 1.17 bits per heavy atom. The van der Waals surface area contributed by atoms with Crippen LogP contribution in [0.4, 0.5) is 0 Å². The number of rotatable bonds is 4. The lowest BCUT2D eigenvalue weighted by molar-refractivity contribution is -0.199. The molecule has 0 heterocycles. The summed E-state index contributed by atoms with van der Waals surface area (Å²) in [6.07, 6.45) is 6.51. The molecule has 4 saturated carbocycles. The Hall–Kier alpha value is -2.37. The lowest BCUT2D eigenvalue weighted by Crippen LogP contribution is -2.58. The Bertz CT molecular complexity index is 677. The largest absolute Gasteiger partial charge is 0.478 e. The molecule has 0 unspecified atom stereocenters. The second kappa shape index (κ2) is 10.6. The monoisotopic (exact) mass is 420 g/mol. The maximum absolute atomic E-state index is 11.8. The van der Waals surface area contributed by atoms with Gasteiger partial charge in [0.2, 0.25) is 0 Å². The number of carboxylic acid groups (broad SMARTS) is 1. The molecule has 0 aromatic carbocycles. The van der Waals surface area contributed by atoms with E-state index in [2.05, 4.69) is 31.4 Å². The fraction of sp³-hybridized carbons (Fsp3) is 0.625. The quantitative estimate of drug-likeness (QED) is 0.524. The van der Waals surface area contributed by atoms with Gasteiger partial charge in [-0.25, -0.2) is 14.4 Å². The van der Waals surface area contributed by atoms with Gasteiger partial charge < -0.3 is 14.6 Å². The van der Waals surface area contributed by atoms with Crippen molar-refractivity contribution >= 4 is 17.9 Å². The Kier molecular flexibility index (Phi) is 9.07. The van der Waals surface area contributed by atoms with E-state index >= 15 is 0 Å². The van der Waals surface area contributed by atoms with Crippen molar-refractivity contribution < 1.29 is 29.0 Å². The summed E-state index contributed by atoms with van der Waals surface area (Å²) in [5, 5.41) is 7.89. The Morgan fingerprint density at radius 1 is 0.800 bits per heavy atom. The van der Waals surface area contributed by atoms with Crippen molar-refractivity contribution in [2.24, 2.45) is 23.7 Å². The predicted octanol–water partition coefficient (Wildman–Crippen LogP) is 4.70. The zero-order valence-electron chi connectivity index (χ0n) is 19.0. The molecule has 0 atom stereocenters. The highest BCUT2D eigenvalue weighted by atomic mass is 16.6. The minimum Gasteiger partial charge on any atom is -0.478 e. The molecule has 6 nitrogen and oxygen atoms in total. The van der Waals surface area contributed by atoms with E-state index in [-0.39, 0.29) is 23.1 Å². The molecule has 0 aromatic rings. The first-order valence-corrected chi connectivity index (χ1v) is 10.3. The van der Waals surface area contributed by atoms with Gasteiger partial charge in [-0.05, 0) is 83.5 Å². The van der Waals surface area contributed by atoms with E-state index in [0.29, 0.717) is 23.0 Å².